The number of aromatic nitrogens is 2. The number of benzene rings is 1. The van der Waals surface area contributed by atoms with Crippen molar-refractivity contribution in [2.45, 2.75) is 91.5 Å². The lowest BCUT2D eigenvalue weighted by Crippen LogP contribution is -2.32. The highest BCUT2D eigenvalue weighted by Crippen LogP contribution is 2.22. The van der Waals surface area contributed by atoms with Crippen LogP contribution in [0.2, 0.25) is 0 Å². The van der Waals surface area contributed by atoms with Crippen molar-refractivity contribution in [3.8, 4) is 6.01 Å². The molecule has 0 aliphatic heterocycles. The van der Waals surface area contributed by atoms with Gasteiger partial charge in [-0.15, -0.1) is 0 Å². The van der Waals surface area contributed by atoms with Crippen LogP contribution in [-0.2, 0) is 13.0 Å². The molecule has 0 radical (unpaired) electrons. The molecule has 0 aliphatic rings. The molecule has 5 nitrogen and oxygen atoms in total. The Bertz CT molecular complexity index is 715. The molecular formula is C27H44N4O. The Hall–Kier alpha value is -1.98. The Labute approximate surface area is 195 Å². The number of unbranched alkanes of at least 4 members (excludes halogenated alkanes) is 6. The molecule has 1 heterocycles. The zero-order valence-electron chi connectivity index (χ0n) is 20.5. The van der Waals surface area contributed by atoms with Crippen LogP contribution in [0.15, 0.2) is 42.6 Å². The number of nitrogens with zero attached hydrogens (tertiary/aromatic N) is 2. The van der Waals surface area contributed by atoms with E-state index in [2.05, 4.69) is 65.9 Å². The number of hydrogen-bond donors (Lipinski definition) is 2. The highest BCUT2D eigenvalue weighted by atomic mass is 16.5. The molecule has 0 saturated carbocycles. The molecule has 2 aromatic rings. The second-order valence-electron chi connectivity index (χ2n) is 9.83. The van der Waals surface area contributed by atoms with Gasteiger partial charge in [-0.2, -0.15) is 0 Å². The van der Waals surface area contributed by atoms with Crippen LogP contribution in [0.25, 0.3) is 0 Å². The Kier molecular flexibility index (Phi) is 12.9. The lowest BCUT2D eigenvalue weighted by atomic mass is 9.89. The van der Waals surface area contributed by atoms with E-state index in [0.717, 1.165) is 38.0 Å². The Morgan fingerprint density at radius 1 is 0.812 bits per heavy atom. The van der Waals surface area contributed by atoms with Gasteiger partial charge in [0.25, 0.3) is 0 Å². The second kappa shape index (κ2) is 15.8. The van der Waals surface area contributed by atoms with E-state index in [0.29, 0.717) is 18.0 Å². The molecule has 0 unspecified atom stereocenters. The number of hydrazine groups is 1. The minimum absolute atomic E-state index is 0.479. The summed E-state index contributed by atoms with van der Waals surface area (Å²) in [5.74, 6) is 0. The summed E-state index contributed by atoms with van der Waals surface area (Å²) in [6, 6.07) is 12.9. The number of nitrogens with one attached hydrogen (secondary N) is 2. The van der Waals surface area contributed by atoms with Crippen LogP contribution < -0.4 is 15.6 Å². The average molecular weight is 441 g/mol. The molecule has 0 saturated heterocycles. The van der Waals surface area contributed by atoms with Gasteiger partial charge in [-0.05, 0) is 42.7 Å². The number of rotatable bonds is 17. The summed E-state index contributed by atoms with van der Waals surface area (Å²) in [5, 5.41) is 0. The van der Waals surface area contributed by atoms with Crippen molar-refractivity contribution in [3.63, 3.8) is 0 Å². The SMILES string of the molecule is CC(C)(C)CCCCCCCCCOc1nccc(CCCNNCc2ccccc2)n1. The average Bonchev–Trinajstić information content (AvgIpc) is 2.78. The summed E-state index contributed by atoms with van der Waals surface area (Å²) in [5.41, 5.74) is 9.32. The minimum Gasteiger partial charge on any atom is -0.463 e. The van der Waals surface area contributed by atoms with E-state index in [-0.39, 0.29) is 0 Å². The van der Waals surface area contributed by atoms with Crippen LogP contribution in [0.4, 0.5) is 0 Å². The molecule has 0 fully saturated rings. The van der Waals surface area contributed by atoms with Gasteiger partial charge in [-0.3, -0.25) is 10.9 Å². The van der Waals surface area contributed by atoms with Gasteiger partial charge in [0.15, 0.2) is 0 Å². The van der Waals surface area contributed by atoms with Gasteiger partial charge in [0.1, 0.15) is 0 Å². The number of ether oxygens (including phenoxy) is 1. The van der Waals surface area contributed by atoms with Crippen molar-refractivity contribution in [1.29, 1.82) is 0 Å². The maximum atomic E-state index is 5.77. The van der Waals surface area contributed by atoms with Crippen LogP contribution in [0.1, 0.15) is 89.8 Å². The fourth-order valence-electron chi connectivity index (χ4n) is 3.60. The van der Waals surface area contributed by atoms with Crippen molar-refractivity contribution >= 4 is 0 Å². The van der Waals surface area contributed by atoms with Gasteiger partial charge < -0.3 is 4.74 Å². The van der Waals surface area contributed by atoms with E-state index in [1.54, 1.807) is 6.20 Å². The largest absolute Gasteiger partial charge is 0.463 e. The van der Waals surface area contributed by atoms with E-state index in [1.165, 1.54) is 50.5 Å². The first-order valence-electron chi connectivity index (χ1n) is 12.5. The van der Waals surface area contributed by atoms with Crippen molar-refractivity contribution < 1.29 is 4.74 Å². The highest BCUT2D eigenvalue weighted by molar-refractivity contribution is 5.14. The van der Waals surface area contributed by atoms with Crippen molar-refractivity contribution in [2.75, 3.05) is 13.2 Å². The summed E-state index contributed by atoms with van der Waals surface area (Å²) < 4.78 is 5.77. The normalized spacial score (nSPS) is 11.6. The second-order valence-corrected chi connectivity index (χ2v) is 9.83. The van der Waals surface area contributed by atoms with Crippen molar-refractivity contribution in [2.24, 2.45) is 5.41 Å². The molecule has 0 bridgehead atoms. The molecule has 0 atom stereocenters. The molecule has 1 aromatic heterocycles. The molecule has 0 amide bonds. The zero-order chi connectivity index (χ0) is 22.9. The molecule has 32 heavy (non-hydrogen) atoms. The van der Waals surface area contributed by atoms with Gasteiger partial charge in [-0.1, -0.05) is 89.6 Å². The van der Waals surface area contributed by atoms with Gasteiger partial charge in [0.2, 0.25) is 0 Å². The fraction of sp³-hybridized carbons (Fsp3) is 0.630. The summed E-state index contributed by atoms with van der Waals surface area (Å²) in [6.07, 6.45) is 14.1. The maximum absolute atomic E-state index is 5.77. The van der Waals surface area contributed by atoms with E-state index in [9.17, 15) is 0 Å². The first-order valence-corrected chi connectivity index (χ1v) is 12.5. The third-order valence-corrected chi connectivity index (χ3v) is 5.49. The van der Waals surface area contributed by atoms with Gasteiger partial charge in [0.05, 0.1) is 6.61 Å². The third-order valence-electron chi connectivity index (χ3n) is 5.49. The Morgan fingerprint density at radius 2 is 1.53 bits per heavy atom. The van der Waals surface area contributed by atoms with Crippen LogP contribution in [-0.4, -0.2) is 23.1 Å². The summed E-state index contributed by atoms with van der Waals surface area (Å²) >= 11 is 0. The highest BCUT2D eigenvalue weighted by Gasteiger charge is 2.08. The standard InChI is InChI=1S/C27H44N4O/c1-27(2,3)19-12-7-5-4-6-8-13-22-32-26-28-21-18-25(31-26)17-14-20-29-30-23-24-15-10-9-11-16-24/h9-11,15-16,18,21,29-30H,4-8,12-14,17,19-20,22-23H2,1-3H3. The maximum Gasteiger partial charge on any atom is 0.316 e. The molecule has 0 spiro atoms. The number of hydrogen-bond acceptors (Lipinski definition) is 5. The van der Waals surface area contributed by atoms with Crippen LogP contribution in [0, 0.1) is 5.41 Å². The van der Waals surface area contributed by atoms with Crippen LogP contribution in [0.5, 0.6) is 6.01 Å². The summed E-state index contributed by atoms with van der Waals surface area (Å²) in [4.78, 5) is 8.80. The predicted octanol–water partition coefficient (Wildman–Crippen LogP) is 6.25. The van der Waals surface area contributed by atoms with Gasteiger partial charge in [0, 0.05) is 25.0 Å². The topological polar surface area (TPSA) is 59.1 Å². The Morgan fingerprint density at radius 3 is 2.28 bits per heavy atom. The third kappa shape index (κ3) is 13.4. The number of aryl methyl sites for hydroxylation is 1. The van der Waals surface area contributed by atoms with Crippen LogP contribution in [0.3, 0.4) is 0 Å². The molecule has 0 aliphatic carbocycles. The molecule has 5 heteroatoms. The smallest absolute Gasteiger partial charge is 0.316 e. The zero-order valence-corrected chi connectivity index (χ0v) is 20.5. The monoisotopic (exact) mass is 440 g/mol. The van der Waals surface area contributed by atoms with Crippen molar-refractivity contribution in [3.05, 3.63) is 53.9 Å². The molecular weight excluding hydrogens is 396 g/mol. The van der Waals surface area contributed by atoms with E-state index in [4.69, 9.17) is 4.74 Å². The first kappa shape index (κ1) is 26.3. The van der Waals surface area contributed by atoms with Gasteiger partial charge in [-0.25, -0.2) is 9.97 Å². The van der Waals surface area contributed by atoms with Crippen molar-refractivity contribution in [1.82, 2.24) is 20.8 Å². The van der Waals surface area contributed by atoms with Crippen LogP contribution >= 0.6 is 0 Å². The minimum atomic E-state index is 0.479. The first-order chi connectivity index (χ1) is 15.5. The Balaban J connectivity index is 1.45. The fourth-order valence-corrected chi connectivity index (χ4v) is 3.60. The van der Waals surface area contributed by atoms with E-state index >= 15 is 0 Å². The quantitative estimate of drug-likeness (QED) is 0.225. The lowest BCUT2D eigenvalue weighted by molar-refractivity contribution is 0.280. The predicted molar refractivity (Wildman–Crippen MR) is 134 cm³/mol. The van der Waals surface area contributed by atoms with E-state index < -0.39 is 0 Å². The van der Waals surface area contributed by atoms with E-state index in [1.807, 2.05) is 12.1 Å². The van der Waals surface area contributed by atoms with Gasteiger partial charge >= 0.3 is 6.01 Å². The molecule has 2 rings (SSSR count). The summed E-state index contributed by atoms with van der Waals surface area (Å²) in [6.45, 7) is 9.41. The molecule has 178 valence electrons. The molecule has 2 N–H and O–H groups in total. The molecule has 1 aromatic carbocycles. The lowest BCUT2D eigenvalue weighted by Gasteiger charge is -2.17. The summed E-state index contributed by atoms with van der Waals surface area (Å²) in [7, 11) is 0.